The maximum atomic E-state index is 13.1. The van der Waals surface area contributed by atoms with Crippen LogP contribution in [0, 0.1) is 11.6 Å². The van der Waals surface area contributed by atoms with Crippen molar-refractivity contribution in [2.45, 2.75) is 41.9 Å². The van der Waals surface area contributed by atoms with Crippen LogP contribution in [0.3, 0.4) is 0 Å². The maximum Gasteiger partial charge on any atom is 0.413 e. The minimum absolute atomic E-state index is 0. The third-order valence-electron chi connectivity index (χ3n) is 7.52. The normalized spacial score (nSPS) is 10.6. The van der Waals surface area contributed by atoms with Crippen LogP contribution in [-0.4, -0.2) is 77.6 Å². The van der Waals surface area contributed by atoms with Gasteiger partial charge in [-0.25, -0.2) is 24.3 Å². The minimum Gasteiger partial charge on any atom is -0.452 e. The molecular formula is C42H55ClF2N6O9. The molecule has 0 heterocycles. The first-order chi connectivity index (χ1) is 27.3. The summed E-state index contributed by atoms with van der Waals surface area (Å²) < 4.78 is 35.5. The highest BCUT2D eigenvalue weighted by Gasteiger charge is 2.17. The first kappa shape index (κ1) is 55.7. The molecule has 0 bridgehead atoms. The summed E-state index contributed by atoms with van der Waals surface area (Å²) in [7, 11) is 8.62. The summed E-state index contributed by atoms with van der Waals surface area (Å²) in [5.41, 5.74) is 4.67. The lowest BCUT2D eigenvalue weighted by molar-refractivity contribution is 0.103. The zero-order chi connectivity index (χ0) is 42.3. The Bertz CT molecular complexity index is 2000. The Morgan fingerprint density at radius 1 is 0.600 bits per heavy atom. The number of nitrogens with zero attached hydrogens (tertiary/aromatic N) is 5. The molecule has 60 heavy (non-hydrogen) atoms. The number of oxime groups is 3. The fraction of sp³-hybridized carbons (Fsp3) is 0.286. The lowest BCUT2D eigenvalue weighted by Crippen LogP contribution is -2.26. The van der Waals surface area contributed by atoms with E-state index in [0.717, 1.165) is 5.56 Å². The summed E-state index contributed by atoms with van der Waals surface area (Å²) in [5, 5.41) is 11.8. The molecule has 0 aliphatic heterocycles. The van der Waals surface area contributed by atoms with Gasteiger partial charge in [0.2, 0.25) is 5.78 Å². The number of ether oxygens (including phenoxy) is 2. The van der Waals surface area contributed by atoms with E-state index in [1.165, 1.54) is 81.6 Å². The molecule has 328 valence electrons. The van der Waals surface area contributed by atoms with Crippen LogP contribution in [0.5, 0.6) is 0 Å². The van der Waals surface area contributed by atoms with Crippen molar-refractivity contribution in [1.82, 2.24) is 0 Å². The lowest BCUT2D eigenvalue weighted by atomic mass is 10.1. The molecule has 4 rings (SSSR count). The number of methoxy groups -OCH3 is 2. The molecular weight excluding hydrogens is 806 g/mol. The summed E-state index contributed by atoms with van der Waals surface area (Å²) in [5.74, 6) is 3.22. The highest BCUT2D eigenvalue weighted by molar-refractivity contribution is 6.47. The Labute approximate surface area is 356 Å². The second-order valence-electron chi connectivity index (χ2n) is 11.4. The van der Waals surface area contributed by atoms with Gasteiger partial charge in [-0.3, -0.25) is 14.6 Å². The number of carbonyl (C=O) groups excluding carboxylic acids is 3. The van der Waals surface area contributed by atoms with Gasteiger partial charge in [0.1, 0.15) is 49.1 Å². The molecule has 0 saturated heterocycles. The number of Topliss-reactive ketones (excluding diaryl/α,β-unsaturated/α-hetero) is 1. The second kappa shape index (κ2) is 29.7. The van der Waals surface area contributed by atoms with Gasteiger partial charge in [-0.05, 0) is 74.5 Å². The molecule has 2 amide bonds. The SMILES string of the molecule is C.C.CO/N=C(/C(C)=N/OCc1ccccc1N(C)C(=O)OC)c1ccc(F)cc1.COC(=O)N(C)c1ccccc1CO/N=C(\C)C(=O)c1ccc(F)cc1.CON.Cl. The van der Waals surface area contributed by atoms with Crippen LogP contribution in [0.25, 0.3) is 0 Å². The number of ketones is 1. The molecule has 15 nitrogen and oxygen atoms in total. The first-order valence-corrected chi connectivity index (χ1v) is 16.9. The van der Waals surface area contributed by atoms with Gasteiger partial charge in [0.25, 0.3) is 0 Å². The number of rotatable bonds is 13. The number of para-hydroxylation sites is 2. The highest BCUT2D eigenvalue weighted by Crippen LogP contribution is 2.22. The van der Waals surface area contributed by atoms with E-state index in [2.05, 4.69) is 26.2 Å². The maximum absolute atomic E-state index is 13.1. The summed E-state index contributed by atoms with van der Waals surface area (Å²) in [4.78, 5) is 57.7. The second-order valence-corrected chi connectivity index (χ2v) is 11.4. The van der Waals surface area contributed by atoms with Crippen molar-refractivity contribution in [1.29, 1.82) is 0 Å². The van der Waals surface area contributed by atoms with Crippen LogP contribution in [0.1, 0.15) is 55.7 Å². The lowest BCUT2D eigenvalue weighted by Gasteiger charge is -2.18. The molecule has 0 aliphatic rings. The van der Waals surface area contributed by atoms with E-state index < -0.39 is 18.0 Å². The van der Waals surface area contributed by atoms with Crippen molar-refractivity contribution in [2.75, 3.05) is 52.3 Å². The molecule has 0 spiro atoms. The molecule has 0 aromatic heterocycles. The number of amides is 2. The zero-order valence-electron chi connectivity index (χ0n) is 33.3. The number of anilines is 2. The van der Waals surface area contributed by atoms with Gasteiger partial charge < -0.3 is 28.8 Å². The van der Waals surface area contributed by atoms with Gasteiger partial charge in [0.05, 0.1) is 32.7 Å². The van der Waals surface area contributed by atoms with Crippen LogP contribution in [0.4, 0.5) is 29.7 Å². The van der Waals surface area contributed by atoms with Gasteiger partial charge in [-0.15, -0.1) is 12.4 Å². The number of halogens is 3. The van der Waals surface area contributed by atoms with Gasteiger partial charge in [0.15, 0.2) is 0 Å². The molecule has 0 atom stereocenters. The van der Waals surface area contributed by atoms with Crippen molar-refractivity contribution < 1.29 is 52.0 Å². The van der Waals surface area contributed by atoms with E-state index in [-0.39, 0.29) is 57.8 Å². The largest absolute Gasteiger partial charge is 0.452 e. The van der Waals surface area contributed by atoms with Gasteiger partial charge in [0, 0.05) is 36.3 Å². The first-order valence-electron chi connectivity index (χ1n) is 16.9. The Kier molecular flexibility index (Phi) is 27.6. The Morgan fingerprint density at radius 2 is 0.967 bits per heavy atom. The number of benzene rings is 4. The summed E-state index contributed by atoms with van der Waals surface area (Å²) in [6.45, 7) is 3.40. The van der Waals surface area contributed by atoms with E-state index in [0.29, 0.717) is 39.5 Å². The topological polar surface area (TPSA) is 176 Å². The van der Waals surface area contributed by atoms with Crippen molar-refractivity contribution in [3.05, 3.63) is 131 Å². The van der Waals surface area contributed by atoms with Crippen LogP contribution in [0.2, 0.25) is 0 Å². The molecule has 0 unspecified atom stereocenters. The molecule has 0 aliphatic carbocycles. The van der Waals surface area contributed by atoms with Gasteiger partial charge in [-0.1, -0.05) is 66.7 Å². The van der Waals surface area contributed by atoms with Crippen molar-refractivity contribution >= 4 is 58.9 Å². The standard InChI is InChI=1S/C20H22FN3O4.C19H19FN2O4.CH5NO.2CH4.ClH/c1-14(19(23-27-4)15-9-11-17(21)12-10-15)22-28-13-16-7-5-6-8-18(16)24(2)20(25)26-3;1-13(18(23)14-8-10-16(20)11-9-14)21-26-12-15-6-4-5-7-17(15)22(2)19(24)25-3;1-3-2;;;/h5-12H,13H2,1-4H3;4-11H,12H2,1-3H3;2H2,1H3;2*1H4;1H/b22-14+,23-19-;21-13+;;;;. The molecule has 4 aromatic carbocycles. The predicted molar refractivity (Wildman–Crippen MR) is 233 cm³/mol. The summed E-state index contributed by atoms with van der Waals surface area (Å²) >= 11 is 0. The zero-order valence-corrected chi connectivity index (χ0v) is 34.1. The number of nitrogens with two attached hydrogens (primary N) is 1. The van der Waals surface area contributed by atoms with E-state index >= 15 is 0 Å². The summed E-state index contributed by atoms with van der Waals surface area (Å²) in [6, 6.07) is 25.3. The molecule has 0 saturated carbocycles. The average molecular weight is 861 g/mol. The average Bonchev–Trinajstić information content (AvgIpc) is 3.22. The Hall–Kier alpha value is -6.43. The fourth-order valence-corrected chi connectivity index (χ4v) is 4.71. The van der Waals surface area contributed by atoms with E-state index in [1.54, 1.807) is 63.5 Å². The molecule has 18 heteroatoms. The summed E-state index contributed by atoms with van der Waals surface area (Å²) in [6.07, 6.45) is -0.999. The number of carbonyl (C=O) groups is 3. The van der Waals surface area contributed by atoms with Crippen LogP contribution < -0.4 is 15.7 Å². The number of hydrogen-bond acceptors (Lipinski definition) is 13. The van der Waals surface area contributed by atoms with Gasteiger partial charge in [-0.2, -0.15) is 0 Å². The highest BCUT2D eigenvalue weighted by atomic mass is 35.5. The Morgan fingerprint density at radius 3 is 1.35 bits per heavy atom. The predicted octanol–water partition coefficient (Wildman–Crippen LogP) is 8.98. The van der Waals surface area contributed by atoms with Crippen molar-refractivity contribution in [3.8, 4) is 0 Å². The van der Waals surface area contributed by atoms with Gasteiger partial charge >= 0.3 is 12.2 Å². The smallest absolute Gasteiger partial charge is 0.413 e. The van der Waals surface area contributed by atoms with Crippen molar-refractivity contribution in [3.63, 3.8) is 0 Å². The fourth-order valence-electron chi connectivity index (χ4n) is 4.71. The molecule has 2 N–H and O–H groups in total. The van der Waals surface area contributed by atoms with Crippen molar-refractivity contribution in [2.24, 2.45) is 21.4 Å². The third-order valence-corrected chi connectivity index (χ3v) is 7.52. The molecule has 4 aromatic rings. The Balaban J connectivity index is 0. The third kappa shape index (κ3) is 17.6. The molecule has 0 radical (unpaired) electrons. The van der Waals surface area contributed by atoms with E-state index in [9.17, 15) is 23.2 Å². The van der Waals surface area contributed by atoms with Crippen LogP contribution in [0.15, 0.2) is 113 Å². The minimum atomic E-state index is -0.511. The quantitative estimate of drug-likeness (QED) is 0.0776. The van der Waals surface area contributed by atoms with E-state index in [1.807, 2.05) is 18.2 Å². The molecule has 0 fully saturated rings. The number of hydrogen-bond donors (Lipinski definition) is 1. The monoisotopic (exact) mass is 860 g/mol. The van der Waals surface area contributed by atoms with Crippen LogP contribution >= 0.6 is 12.4 Å². The van der Waals surface area contributed by atoms with E-state index in [4.69, 9.17) is 24.0 Å². The van der Waals surface area contributed by atoms with Crippen LogP contribution in [-0.2, 0) is 42.0 Å².